The van der Waals surface area contributed by atoms with E-state index >= 15 is 0 Å². The van der Waals surface area contributed by atoms with Gasteiger partial charge in [-0.3, -0.25) is 4.79 Å². The first-order chi connectivity index (χ1) is 11.0. The highest BCUT2D eigenvalue weighted by Gasteiger charge is 2.33. The van der Waals surface area contributed by atoms with Crippen molar-refractivity contribution >= 4 is 18.7 Å². The predicted molar refractivity (Wildman–Crippen MR) is 88.6 cm³/mol. The SMILES string of the molecule is CC(C)CC(NC(=O)C1CC(Cc2ccccc2)=NO1)B(O)O. The number of rotatable bonds is 7. The Labute approximate surface area is 136 Å². The minimum Gasteiger partial charge on any atom is -0.426 e. The summed E-state index contributed by atoms with van der Waals surface area (Å²) in [6.07, 6.45) is 0.829. The Kier molecular flexibility index (Phi) is 6.18. The molecule has 1 aromatic carbocycles. The van der Waals surface area contributed by atoms with Gasteiger partial charge in [-0.1, -0.05) is 49.3 Å². The molecular weight excluding hydrogens is 295 g/mol. The van der Waals surface area contributed by atoms with Gasteiger partial charge in [0.05, 0.1) is 11.7 Å². The van der Waals surface area contributed by atoms with Gasteiger partial charge in [0, 0.05) is 12.8 Å². The van der Waals surface area contributed by atoms with Crippen molar-refractivity contribution in [3.05, 3.63) is 35.9 Å². The van der Waals surface area contributed by atoms with Crippen LogP contribution >= 0.6 is 0 Å². The molecule has 0 saturated carbocycles. The van der Waals surface area contributed by atoms with Crippen LogP contribution in [0.5, 0.6) is 0 Å². The molecular formula is C16H23BN2O4. The molecule has 23 heavy (non-hydrogen) atoms. The van der Waals surface area contributed by atoms with Gasteiger partial charge in [-0.25, -0.2) is 0 Å². The molecule has 0 bridgehead atoms. The highest BCUT2D eigenvalue weighted by atomic mass is 16.6. The molecule has 0 aromatic heterocycles. The molecule has 6 nitrogen and oxygen atoms in total. The quantitative estimate of drug-likeness (QED) is 0.652. The molecule has 0 fully saturated rings. The van der Waals surface area contributed by atoms with Crippen molar-refractivity contribution in [3.8, 4) is 0 Å². The summed E-state index contributed by atoms with van der Waals surface area (Å²) < 4.78 is 0. The Hall–Kier alpha value is -1.86. The second-order valence-electron chi connectivity index (χ2n) is 6.28. The lowest BCUT2D eigenvalue weighted by Crippen LogP contribution is -2.50. The van der Waals surface area contributed by atoms with Crippen LogP contribution in [0.3, 0.4) is 0 Å². The van der Waals surface area contributed by atoms with E-state index in [4.69, 9.17) is 4.84 Å². The Balaban J connectivity index is 1.85. The highest BCUT2D eigenvalue weighted by molar-refractivity contribution is 6.43. The Morgan fingerprint density at radius 1 is 1.39 bits per heavy atom. The molecule has 124 valence electrons. The van der Waals surface area contributed by atoms with Crippen LogP contribution in [0, 0.1) is 5.92 Å². The lowest BCUT2D eigenvalue weighted by molar-refractivity contribution is -0.131. The number of hydrogen-bond acceptors (Lipinski definition) is 5. The second kappa shape index (κ2) is 8.13. The van der Waals surface area contributed by atoms with Gasteiger partial charge in [0.15, 0.2) is 0 Å². The van der Waals surface area contributed by atoms with Crippen LogP contribution in [0.15, 0.2) is 35.5 Å². The van der Waals surface area contributed by atoms with Gasteiger partial charge in [0.25, 0.3) is 5.91 Å². The molecule has 1 amide bonds. The molecule has 0 spiro atoms. The Morgan fingerprint density at radius 3 is 2.70 bits per heavy atom. The van der Waals surface area contributed by atoms with Crippen molar-refractivity contribution in [2.75, 3.05) is 0 Å². The zero-order chi connectivity index (χ0) is 16.8. The minimum atomic E-state index is -1.59. The zero-order valence-electron chi connectivity index (χ0n) is 13.5. The topological polar surface area (TPSA) is 91.2 Å². The van der Waals surface area contributed by atoms with E-state index in [-0.39, 0.29) is 11.8 Å². The monoisotopic (exact) mass is 318 g/mol. The number of benzene rings is 1. The summed E-state index contributed by atoms with van der Waals surface area (Å²) in [6.45, 7) is 3.91. The molecule has 3 N–H and O–H groups in total. The molecule has 0 aliphatic carbocycles. The highest BCUT2D eigenvalue weighted by Crippen LogP contribution is 2.15. The van der Waals surface area contributed by atoms with Gasteiger partial charge in [0.2, 0.25) is 6.10 Å². The molecule has 1 heterocycles. The Morgan fingerprint density at radius 2 is 2.09 bits per heavy atom. The van der Waals surface area contributed by atoms with Crippen molar-refractivity contribution in [3.63, 3.8) is 0 Å². The van der Waals surface area contributed by atoms with Crippen LogP contribution < -0.4 is 5.32 Å². The molecule has 2 unspecified atom stereocenters. The molecule has 7 heteroatoms. The summed E-state index contributed by atoms with van der Waals surface area (Å²) in [7, 11) is -1.59. The largest absolute Gasteiger partial charge is 0.475 e. The Bertz CT molecular complexity index is 548. The third-order valence-corrected chi connectivity index (χ3v) is 3.69. The van der Waals surface area contributed by atoms with E-state index < -0.39 is 19.2 Å². The van der Waals surface area contributed by atoms with E-state index in [2.05, 4.69) is 10.5 Å². The molecule has 1 aliphatic rings. The van der Waals surface area contributed by atoms with Crippen LogP contribution in [0.2, 0.25) is 0 Å². The van der Waals surface area contributed by atoms with E-state index in [0.717, 1.165) is 11.3 Å². The smallest absolute Gasteiger partial charge is 0.426 e. The number of carbonyl (C=O) groups is 1. The van der Waals surface area contributed by atoms with Crippen molar-refractivity contribution in [2.24, 2.45) is 11.1 Å². The van der Waals surface area contributed by atoms with Gasteiger partial charge in [-0.2, -0.15) is 0 Å². The van der Waals surface area contributed by atoms with Crippen LogP contribution in [-0.4, -0.2) is 40.8 Å². The number of hydrogen-bond donors (Lipinski definition) is 3. The number of oxime groups is 1. The van der Waals surface area contributed by atoms with Crippen LogP contribution in [0.1, 0.15) is 32.3 Å². The van der Waals surface area contributed by atoms with Gasteiger partial charge in [-0.05, 0) is 17.9 Å². The molecule has 2 rings (SSSR count). The maximum absolute atomic E-state index is 12.2. The molecule has 1 aromatic rings. The fourth-order valence-corrected chi connectivity index (χ4v) is 2.54. The zero-order valence-corrected chi connectivity index (χ0v) is 13.5. The second-order valence-corrected chi connectivity index (χ2v) is 6.28. The van der Waals surface area contributed by atoms with Crippen LogP contribution in [0.25, 0.3) is 0 Å². The van der Waals surface area contributed by atoms with E-state index in [1.165, 1.54) is 0 Å². The molecule has 0 saturated heterocycles. The summed E-state index contributed by atoms with van der Waals surface area (Å²) in [5.74, 6) is -0.837. The van der Waals surface area contributed by atoms with Gasteiger partial charge < -0.3 is 20.2 Å². The van der Waals surface area contributed by atoms with Crippen LogP contribution in [-0.2, 0) is 16.1 Å². The van der Waals surface area contributed by atoms with Gasteiger partial charge >= 0.3 is 7.12 Å². The average molecular weight is 318 g/mol. The third kappa shape index (κ3) is 5.37. The maximum atomic E-state index is 12.2. The summed E-state index contributed by atoms with van der Waals surface area (Å²) in [5, 5.41) is 25.4. The van der Waals surface area contributed by atoms with Crippen molar-refractivity contribution in [2.45, 2.75) is 45.2 Å². The molecule has 1 aliphatic heterocycles. The van der Waals surface area contributed by atoms with E-state index in [1.54, 1.807) is 0 Å². The van der Waals surface area contributed by atoms with Gasteiger partial charge in [0.1, 0.15) is 0 Å². The minimum absolute atomic E-state index is 0.233. The number of nitrogens with zero attached hydrogens (tertiary/aromatic N) is 1. The molecule has 0 radical (unpaired) electrons. The number of nitrogens with one attached hydrogen (secondary N) is 1. The lowest BCUT2D eigenvalue weighted by atomic mass is 9.75. The van der Waals surface area contributed by atoms with Crippen molar-refractivity contribution in [1.29, 1.82) is 0 Å². The maximum Gasteiger partial charge on any atom is 0.475 e. The number of carbonyl (C=O) groups excluding carboxylic acids is 1. The standard InChI is InChI=1S/C16H23BN2O4/c1-11(2)8-15(17(21)22)18-16(20)14-10-13(19-23-14)9-12-6-4-3-5-7-12/h3-7,11,14-15,21-22H,8-10H2,1-2H3,(H,18,20). The summed E-state index contributed by atoms with van der Waals surface area (Å²) >= 11 is 0. The normalized spacial score (nSPS) is 18.3. The van der Waals surface area contributed by atoms with E-state index in [0.29, 0.717) is 19.3 Å². The van der Waals surface area contributed by atoms with Crippen molar-refractivity contribution < 1.29 is 19.7 Å². The fraction of sp³-hybridized carbons (Fsp3) is 0.500. The first kappa shape index (κ1) is 17.5. The first-order valence-electron chi connectivity index (χ1n) is 7.87. The van der Waals surface area contributed by atoms with Crippen molar-refractivity contribution in [1.82, 2.24) is 5.32 Å². The average Bonchev–Trinajstić information content (AvgIpc) is 2.95. The third-order valence-electron chi connectivity index (χ3n) is 3.69. The number of amides is 1. The summed E-state index contributed by atoms with van der Waals surface area (Å²) in [6, 6.07) is 9.85. The van der Waals surface area contributed by atoms with Crippen LogP contribution in [0.4, 0.5) is 0 Å². The predicted octanol–water partition coefficient (Wildman–Crippen LogP) is 0.917. The van der Waals surface area contributed by atoms with E-state index in [9.17, 15) is 14.8 Å². The summed E-state index contributed by atoms with van der Waals surface area (Å²) in [5.41, 5.74) is 1.92. The summed E-state index contributed by atoms with van der Waals surface area (Å²) in [4.78, 5) is 17.4. The first-order valence-corrected chi connectivity index (χ1v) is 7.87. The lowest BCUT2D eigenvalue weighted by Gasteiger charge is -2.20. The fourth-order valence-electron chi connectivity index (χ4n) is 2.54. The molecule has 2 atom stereocenters. The van der Waals surface area contributed by atoms with E-state index in [1.807, 2.05) is 44.2 Å². The van der Waals surface area contributed by atoms with Gasteiger partial charge in [-0.15, -0.1) is 0 Å².